The van der Waals surface area contributed by atoms with Crippen molar-refractivity contribution >= 4 is 29.0 Å². The number of carbonyl (C=O) groups is 2. The molecule has 4 nitrogen and oxygen atoms in total. The molecule has 0 radical (unpaired) electrons. The zero-order valence-corrected chi connectivity index (χ0v) is 19.3. The summed E-state index contributed by atoms with van der Waals surface area (Å²) in [6.07, 6.45) is 1.72. The lowest BCUT2D eigenvalue weighted by Gasteiger charge is -2.24. The van der Waals surface area contributed by atoms with Crippen LogP contribution in [-0.4, -0.2) is 22.1 Å². The van der Waals surface area contributed by atoms with Crippen LogP contribution < -0.4 is 5.32 Å². The highest BCUT2D eigenvalue weighted by molar-refractivity contribution is 6.32. The van der Waals surface area contributed by atoms with Crippen LogP contribution in [0.15, 0.2) is 60.8 Å². The van der Waals surface area contributed by atoms with Gasteiger partial charge in [0.2, 0.25) is 5.91 Å². The molecule has 0 aliphatic rings. The molecule has 3 aromatic rings. The molecule has 1 aromatic heterocycles. The molecule has 2 aromatic carbocycles. The van der Waals surface area contributed by atoms with Crippen molar-refractivity contribution < 1.29 is 14.0 Å². The van der Waals surface area contributed by atoms with Gasteiger partial charge in [0, 0.05) is 29.4 Å². The summed E-state index contributed by atoms with van der Waals surface area (Å²) in [6, 6.07) is 15.2. The zero-order chi connectivity index (χ0) is 23.5. The van der Waals surface area contributed by atoms with Gasteiger partial charge in [-0.25, -0.2) is 4.39 Å². The normalized spacial score (nSPS) is 12.3. The number of carbonyl (C=O) groups excluding carboxylic acids is 2. The van der Waals surface area contributed by atoms with Gasteiger partial charge in [-0.15, -0.1) is 11.6 Å². The van der Waals surface area contributed by atoms with Crippen LogP contribution in [0.3, 0.4) is 0 Å². The summed E-state index contributed by atoms with van der Waals surface area (Å²) in [7, 11) is 0. The number of hydrogen-bond donors (Lipinski definition) is 1. The van der Waals surface area contributed by atoms with Gasteiger partial charge < -0.3 is 5.32 Å². The first-order valence-electron chi connectivity index (χ1n) is 10.4. The van der Waals surface area contributed by atoms with Gasteiger partial charge in [-0.05, 0) is 47.7 Å². The minimum atomic E-state index is -0.693. The summed E-state index contributed by atoms with van der Waals surface area (Å²) >= 11 is 5.91. The van der Waals surface area contributed by atoms with Crippen molar-refractivity contribution in [1.29, 1.82) is 0 Å². The number of aromatic nitrogens is 1. The Hall–Kier alpha value is -3.05. The highest BCUT2D eigenvalue weighted by Crippen LogP contribution is 2.31. The van der Waals surface area contributed by atoms with Crippen LogP contribution >= 0.6 is 11.6 Å². The van der Waals surface area contributed by atoms with Crippen LogP contribution in [0.4, 0.5) is 10.1 Å². The van der Waals surface area contributed by atoms with Crippen molar-refractivity contribution in [2.75, 3.05) is 5.32 Å². The molecule has 0 aliphatic carbocycles. The van der Waals surface area contributed by atoms with Crippen molar-refractivity contribution in [3.8, 4) is 11.3 Å². The summed E-state index contributed by atoms with van der Waals surface area (Å²) < 4.78 is 14.0. The Morgan fingerprint density at radius 1 is 1.09 bits per heavy atom. The molecule has 0 aliphatic heterocycles. The second-order valence-electron chi connectivity index (χ2n) is 8.75. The number of halogens is 2. The number of alkyl halides is 1. The minimum absolute atomic E-state index is 0.111. The lowest BCUT2D eigenvalue weighted by Crippen LogP contribution is -2.24. The molecule has 1 heterocycles. The van der Waals surface area contributed by atoms with Gasteiger partial charge in [0.1, 0.15) is 11.2 Å². The number of benzene rings is 2. The summed E-state index contributed by atoms with van der Waals surface area (Å²) in [4.78, 5) is 29.4. The number of nitrogens with zero attached hydrogens (tertiary/aromatic N) is 1. The SMILES string of the molecule is CC(Cl)C(=O)Nc1cc(C(=O)Cc2ccc(-c3ccccc3F)nc2)ccc1C(C)(C)C. The van der Waals surface area contributed by atoms with Crippen LogP contribution in [0.2, 0.25) is 0 Å². The van der Waals surface area contributed by atoms with E-state index in [1.165, 1.54) is 6.07 Å². The van der Waals surface area contributed by atoms with E-state index in [1.807, 2.05) is 26.8 Å². The van der Waals surface area contributed by atoms with Crippen molar-refractivity contribution in [3.05, 3.63) is 83.3 Å². The Morgan fingerprint density at radius 3 is 2.41 bits per heavy atom. The third-order valence-electron chi connectivity index (χ3n) is 5.11. The average molecular weight is 453 g/mol. The average Bonchev–Trinajstić information content (AvgIpc) is 2.74. The molecule has 1 atom stereocenters. The zero-order valence-electron chi connectivity index (χ0n) is 18.6. The van der Waals surface area contributed by atoms with E-state index >= 15 is 0 Å². The molecule has 3 rings (SSSR count). The maximum Gasteiger partial charge on any atom is 0.242 e. The largest absolute Gasteiger partial charge is 0.325 e. The predicted octanol–water partition coefficient (Wildman–Crippen LogP) is 6.18. The number of amides is 1. The third-order valence-corrected chi connectivity index (χ3v) is 5.31. The topological polar surface area (TPSA) is 59.1 Å². The molecular formula is C26H26ClFN2O2. The number of ketones is 1. The molecule has 32 heavy (non-hydrogen) atoms. The molecule has 1 N–H and O–H groups in total. The van der Waals surface area contributed by atoms with E-state index in [2.05, 4.69) is 10.3 Å². The maximum absolute atomic E-state index is 14.0. The number of Topliss-reactive ketones (excluding diaryl/α,β-unsaturated/α-hetero) is 1. The van der Waals surface area contributed by atoms with E-state index in [0.29, 0.717) is 22.5 Å². The van der Waals surface area contributed by atoms with Gasteiger partial charge in [-0.2, -0.15) is 0 Å². The summed E-state index contributed by atoms with van der Waals surface area (Å²) in [5, 5.41) is 2.14. The molecule has 0 saturated carbocycles. The molecule has 166 valence electrons. The van der Waals surface area contributed by atoms with Crippen LogP contribution in [-0.2, 0) is 16.6 Å². The molecule has 1 unspecified atom stereocenters. The fourth-order valence-electron chi connectivity index (χ4n) is 3.35. The van der Waals surface area contributed by atoms with Crippen LogP contribution in [0.1, 0.15) is 49.2 Å². The Morgan fingerprint density at radius 2 is 1.81 bits per heavy atom. The molecule has 1 amide bonds. The highest BCUT2D eigenvalue weighted by Gasteiger charge is 2.22. The Balaban J connectivity index is 1.83. The summed E-state index contributed by atoms with van der Waals surface area (Å²) in [6.45, 7) is 7.70. The quantitative estimate of drug-likeness (QED) is 0.359. The molecule has 0 bridgehead atoms. The van der Waals surface area contributed by atoms with E-state index in [0.717, 1.165) is 11.1 Å². The smallest absolute Gasteiger partial charge is 0.242 e. The van der Waals surface area contributed by atoms with Gasteiger partial charge in [0.05, 0.1) is 5.69 Å². The predicted molar refractivity (Wildman–Crippen MR) is 127 cm³/mol. The third kappa shape index (κ3) is 5.60. The van der Waals surface area contributed by atoms with Gasteiger partial charge in [0.15, 0.2) is 5.78 Å². The number of pyridine rings is 1. The van der Waals surface area contributed by atoms with Gasteiger partial charge >= 0.3 is 0 Å². The summed E-state index contributed by atoms with van der Waals surface area (Å²) in [5.74, 6) is -0.779. The Bertz CT molecular complexity index is 1140. The van der Waals surface area contributed by atoms with Crippen molar-refractivity contribution in [1.82, 2.24) is 4.98 Å². The minimum Gasteiger partial charge on any atom is -0.325 e. The van der Waals surface area contributed by atoms with E-state index in [9.17, 15) is 14.0 Å². The van der Waals surface area contributed by atoms with E-state index < -0.39 is 5.38 Å². The highest BCUT2D eigenvalue weighted by atomic mass is 35.5. The number of rotatable bonds is 6. The number of nitrogens with one attached hydrogen (secondary N) is 1. The van der Waals surface area contributed by atoms with E-state index in [1.54, 1.807) is 55.6 Å². The van der Waals surface area contributed by atoms with E-state index in [4.69, 9.17) is 11.6 Å². The summed E-state index contributed by atoms with van der Waals surface area (Å²) in [5.41, 5.74) is 3.38. The molecule has 0 fully saturated rings. The number of anilines is 1. The molecule has 0 saturated heterocycles. The van der Waals surface area contributed by atoms with Crippen molar-refractivity contribution in [2.45, 2.75) is 44.9 Å². The number of hydrogen-bond acceptors (Lipinski definition) is 3. The Kier molecular flexibility index (Phi) is 7.09. The monoisotopic (exact) mass is 452 g/mol. The second kappa shape index (κ2) is 9.61. The fraction of sp³-hybridized carbons (Fsp3) is 0.269. The molecule has 0 spiro atoms. The lowest BCUT2D eigenvalue weighted by molar-refractivity contribution is -0.115. The maximum atomic E-state index is 14.0. The van der Waals surface area contributed by atoms with Crippen molar-refractivity contribution in [3.63, 3.8) is 0 Å². The standard InChI is InChI=1S/C26H26ClFN2O2/c1-16(27)25(32)30-23-14-18(10-11-20(23)26(2,3)4)24(31)13-17-9-12-22(29-15-17)19-7-5-6-8-21(19)28/h5-12,14-16H,13H2,1-4H3,(H,30,32). The first-order valence-corrected chi connectivity index (χ1v) is 10.8. The fourth-order valence-corrected chi connectivity index (χ4v) is 3.41. The van der Waals surface area contributed by atoms with Gasteiger partial charge in [-0.1, -0.05) is 51.1 Å². The van der Waals surface area contributed by atoms with Gasteiger partial charge in [-0.3, -0.25) is 14.6 Å². The lowest BCUT2D eigenvalue weighted by atomic mass is 9.84. The van der Waals surface area contributed by atoms with Gasteiger partial charge in [0.25, 0.3) is 0 Å². The van der Waals surface area contributed by atoms with Crippen LogP contribution in [0, 0.1) is 5.82 Å². The van der Waals surface area contributed by atoms with E-state index in [-0.39, 0.29) is 29.3 Å². The van der Waals surface area contributed by atoms with Crippen molar-refractivity contribution in [2.24, 2.45) is 0 Å². The molecule has 6 heteroatoms. The first-order chi connectivity index (χ1) is 15.1. The second-order valence-corrected chi connectivity index (χ2v) is 9.40. The Labute approximate surface area is 192 Å². The van der Waals surface area contributed by atoms with Crippen LogP contribution in [0.5, 0.6) is 0 Å². The molecular weight excluding hydrogens is 427 g/mol. The first kappa shape index (κ1) is 23.6. The van der Waals surface area contributed by atoms with Crippen LogP contribution in [0.25, 0.3) is 11.3 Å².